The second-order valence-corrected chi connectivity index (χ2v) is 4.01. The van der Waals surface area contributed by atoms with Crippen molar-refractivity contribution in [2.24, 2.45) is 0 Å². The lowest BCUT2D eigenvalue weighted by molar-refractivity contribution is 0.130. The molecule has 2 heteroatoms. The molecule has 13 heavy (non-hydrogen) atoms. The molecule has 0 aromatic carbocycles. The Morgan fingerprint density at radius 2 is 1.85 bits per heavy atom. The molecule has 0 aromatic rings. The monoisotopic (exact) mass is 201 g/mol. The third-order valence-corrected chi connectivity index (χ3v) is 2.83. The Morgan fingerprint density at radius 3 is 2.08 bits per heavy atom. The van der Waals surface area contributed by atoms with E-state index in [1.165, 1.54) is 6.42 Å². The van der Waals surface area contributed by atoms with Gasteiger partial charge in [0.05, 0.1) is 0 Å². The van der Waals surface area contributed by atoms with Crippen molar-refractivity contribution in [2.75, 3.05) is 0 Å². The normalized spacial score (nSPS) is 13.0. The number of hydrogen-bond acceptors (Lipinski definition) is 1. The number of rotatable bonds is 5. The summed E-state index contributed by atoms with van der Waals surface area (Å²) in [7, 11) is 0. The Morgan fingerprint density at radius 1 is 1.38 bits per heavy atom. The molecule has 1 atom stereocenters. The van der Waals surface area contributed by atoms with Gasteiger partial charge < -0.3 is 4.90 Å². The van der Waals surface area contributed by atoms with Crippen LogP contribution in [0.3, 0.4) is 0 Å². The van der Waals surface area contributed by atoms with Crippen molar-refractivity contribution in [1.82, 2.24) is 4.90 Å². The predicted octanol–water partition coefficient (Wildman–Crippen LogP) is 1.97. The smallest absolute Gasteiger partial charge is 0.0340 e. The SMILES string of the molecule is C=CN(C(C)CC)C(C)(C)CC.[SiH4]. The van der Waals surface area contributed by atoms with E-state index < -0.39 is 0 Å². The van der Waals surface area contributed by atoms with Gasteiger partial charge in [0.25, 0.3) is 0 Å². The largest absolute Gasteiger partial charge is 0.370 e. The highest BCUT2D eigenvalue weighted by atomic mass is 28.1. The average molecular weight is 201 g/mol. The van der Waals surface area contributed by atoms with Crippen LogP contribution >= 0.6 is 0 Å². The summed E-state index contributed by atoms with van der Waals surface area (Å²) in [5.41, 5.74) is 0.247. The van der Waals surface area contributed by atoms with E-state index in [-0.39, 0.29) is 16.5 Å². The van der Waals surface area contributed by atoms with Gasteiger partial charge in [-0.25, -0.2) is 0 Å². The van der Waals surface area contributed by atoms with Crippen LogP contribution in [0.2, 0.25) is 0 Å². The van der Waals surface area contributed by atoms with Crippen molar-refractivity contribution >= 4 is 11.0 Å². The van der Waals surface area contributed by atoms with Crippen LogP contribution in [-0.2, 0) is 0 Å². The van der Waals surface area contributed by atoms with E-state index in [2.05, 4.69) is 46.1 Å². The zero-order valence-corrected chi connectivity index (χ0v) is 9.22. The summed E-state index contributed by atoms with van der Waals surface area (Å²) in [6.45, 7) is 15.1. The predicted molar refractivity (Wildman–Crippen MR) is 67.5 cm³/mol. The van der Waals surface area contributed by atoms with Crippen LogP contribution in [0.5, 0.6) is 0 Å². The fraction of sp³-hybridized carbons (Fsp3) is 0.818. The molecule has 0 radical (unpaired) electrons. The third kappa shape index (κ3) is 3.99. The van der Waals surface area contributed by atoms with Crippen LogP contribution in [-0.4, -0.2) is 27.4 Å². The summed E-state index contributed by atoms with van der Waals surface area (Å²) in [5.74, 6) is 0. The lowest BCUT2D eigenvalue weighted by atomic mass is 9.97. The Bertz CT molecular complexity index is 143. The quantitative estimate of drug-likeness (QED) is 0.615. The van der Waals surface area contributed by atoms with Crippen LogP contribution < -0.4 is 0 Å². The van der Waals surface area contributed by atoms with Crippen LogP contribution in [0.15, 0.2) is 12.8 Å². The van der Waals surface area contributed by atoms with E-state index in [9.17, 15) is 0 Å². The molecule has 80 valence electrons. The molecule has 0 amide bonds. The van der Waals surface area contributed by atoms with E-state index in [0.717, 1.165) is 6.42 Å². The van der Waals surface area contributed by atoms with E-state index >= 15 is 0 Å². The second-order valence-electron chi connectivity index (χ2n) is 4.01. The van der Waals surface area contributed by atoms with Crippen molar-refractivity contribution < 1.29 is 0 Å². The maximum Gasteiger partial charge on any atom is 0.0340 e. The van der Waals surface area contributed by atoms with Crippen LogP contribution in [0.1, 0.15) is 47.5 Å². The molecule has 0 fully saturated rings. The maximum absolute atomic E-state index is 3.87. The molecule has 0 bridgehead atoms. The lowest BCUT2D eigenvalue weighted by Gasteiger charge is -2.41. The fourth-order valence-corrected chi connectivity index (χ4v) is 1.40. The van der Waals surface area contributed by atoms with Crippen LogP contribution in [0, 0.1) is 0 Å². The molecule has 1 nitrogen and oxygen atoms in total. The van der Waals surface area contributed by atoms with Gasteiger partial charge in [-0.15, -0.1) is 0 Å². The van der Waals surface area contributed by atoms with Crippen molar-refractivity contribution in [1.29, 1.82) is 0 Å². The summed E-state index contributed by atoms with van der Waals surface area (Å²) in [6.07, 6.45) is 4.30. The van der Waals surface area contributed by atoms with Gasteiger partial charge in [-0.05, 0) is 50.8 Å². The van der Waals surface area contributed by atoms with Gasteiger partial charge in [-0.3, -0.25) is 0 Å². The fourth-order valence-electron chi connectivity index (χ4n) is 1.40. The summed E-state index contributed by atoms with van der Waals surface area (Å²) in [5, 5.41) is 0. The van der Waals surface area contributed by atoms with Crippen molar-refractivity contribution in [3.8, 4) is 0 Å². The molecule has 0 aliphatic rings. The van der Waals surface area contributed by atoms with E-state index in [0.29, 0.717) is 6.04 Å². The highest BCUT2D eigenvalue weighted by Crippen LogP contribution is 2.22. The minimum Gasteiger partial charge on any atom is -0.370 e. The molecule has 0 spiro atoms. The van der Waals surface area contributed by atoms with Gasteiger partial charge in [0.1, 0.15) is 0 Å². The number of nitrogens with zero attached hydrogens (tertiary/aromatic N) is 1. The minimum atomic E-state index is 0. The first-order valence-electron chi connectivity index (χ1n) is 4.90. The molecule has 0 saturated heterocycles. The van der Waals surface area contributed by atoms with Crippen LogP contribution in [0.25, 0.3) is 0 Å². The highest BCUT2D eigenvalue weighted by molar-refractivity contribution is 5.75. The van der Waals surface area contributed by atoms with Gasteiger partial charge in [0.2, 0.25) is 0 Å². The molecule has 1 unspecified atom stereocenters. The van der Waals surface area contributed by atoms with Crippen molar-refractivity contribution in [3.63, 3.8) is 0 Å². The summed E-state index contributed by atoms with van der Waals surface area (Å²) >= 11 is 0. The zero-order valence-electron chi connectivity index (χ0n) is 9.22. The molecule has 0 saturated carbocycles. The van der Waals surface area contributed by atoms with E-state index in [4.69, 9.17) is 0 Å². The maximum atomic E-state index is 3.87. The van der Waals surface area contributed by atoms with E-state index in [1.54, 1.807) is 0 Å². The van der Waals surface area contributed by atoms with Gasteiger partial charge >= 0.3 is 0 Å². The van der Waals surface area contributed by atoms with Crippen molar-refractivity contribution in [3.05, 3.63) is 12.8 Å². The Balaban J connectivity index is 0. The highest BCUT2D eigenvalue weighted by Gasteiger charge is 2.24. The van der Waals surface area contributed by atoms with Crippen molar-refractivity contribution in [2.45, 2.75) is 59.0 Å². The molecule has 0 aromatic heterocycles. The standard InChI is InChI=1S/C11H23N.H4Si/c1-7-10(4)12(9-3)11(5,6)8-2;/h9-10H,3,7-8H2,1-2,4-6H3;1H4. The molecule has 0 aliphatic carbocycles. The first kappa shape index (κ1) is 15.2. The average Bonchev–Trinajstić information content (AvgIpc) is 2.05. The molecular formula is C11H27NSi. The molecule has 0 rings (SSSR count). The topological polar surface area (TPSA) is 3.24 Å². The number of hydrogen-bond donors (Lipinski definition) is 0. The first-order valence-corrected chi connectivity index (χ1v) is 4.90. The summed E-state index contributed by atoms with van der Waals surface area (Å²) < 4.78 is 0. The Labute approximate surface area is 88.2 Å². The molecular weight excluding hydrogens is 174 g/mol. The summed E-state index contributed by atoms with van der Waals surface area (Å²) in [6, 6.07) is 0.595. The molecule has 0 aliphatic heterocycles. The van der Waals surface area contributed by atoms with Crippen LogP contribution in [0.4, 0.5) is 0 Å². The molecule has 0 N–H and O–H groups in total. The minimum absolute atomic E-state index is 0. The third-order valence-electron chi connectivity index (χ3n) is 2.83. The summed E-state index contributed by atoms with van der Waals surface area (Å²) in [4.78, 5) is 2.35. The van der Waals surface area contributed by atoms with E-state index in [1.807, 2.05) is 6.20 Å². The van der Waals surface area contributed by atoms with Gasteiger partial charge in [0, 0.05) is 11.6 Å². The Hall–Kier alpha value is -0.243. The van der Waals surface area contributed by atoms with Gasteiger partial charge in [-0.2, -0.15) is 0 Å². The first-order chi connectivity index (χ1) is 5.49. The second kappa shape index (κ2) is 6.25. The molecule has 0 heterocycles. The van der Waals surface area contributed by atoms with Gasteiger partial charge in [-0.1, -0.05) is 20.4 Å². The lowest BCUT2D eigenvalue weighted by Crippen LogP contribution is -2.44. The zero-order chi connectivity index (χ0) is 9.78. The van der Waals surface area contributed by atoms with Gasteiger partial charge in [0.15, 0.2) is 0 Å². The Kier molecular flexibility index (Phi) is 7.32.